The standard InChI is InChI=1S/C15H14ClNO2S/c1-19-12-6-7-20-15(12)14(16)10-2-4-11-9(8-10)3-5-13(18)17-11/h2,4,6-8,14H,3,5H2,1H3,(H,17,18). The Morgan fingerprint density at radius 2 is 2.20 bits per heavy atom. The van der Waals surface area contributed by atoms with Gasteiger partial charge >= 0.3 is 0 Å². The third kappa shape index (κ3) is 2.41. The van der Waals surface area contributed by atoms with Crippen LogP contribution < -0.4 is 10.1 Å². The van der Waals surface area contributed by atoms with E-state index in [1.807, 2.05) is 23.6 Å². The van der Waals surface area contributed by atoms with Crippen LogP contribution >= 0.6 is 22.9 Å². The van der Waals surface area contributed by atoms with Crippen LogP contribution in [0.5, 0.6) is 5.75 Å². The normalized spacial score (nSPS) is 15.4. The van der Waals surface area contributed by atoms with Gasteiger partial charge in [-0.05, 0) is 35.1 Å². The van der Waals surface area contributed by atoms with Crippen LogP contribution in [0, 0.1) is 0 Å². The van der Waals surface area contributed by atoms with Crippen LogP contribution in [-0.4, -0.2) is 13.0 Å². The van der Waals surface area contributed by atoms with Crippen LogP contribution in [0.4, 0.5) is 5.69 Å². The summed E-state index contributed by atoms with van der Waals surface area (Å²) in [6.07, 6.45) is 1.30. The second kappa shape index (κ2) is 5.46. The zero-order valence-corrected chi connectivity index (χ0v) is 12.6. The van der Waals surface area contributed by atoms with E-state index >= 15 is 0 Å². The van der Waals surface area contributed by atoms with Gasteiger partial charge in [-0.3, -0.25) is 4.79 Å². The molecule has 1 aromatic heterocycles. The molecule has 0 saturated heterocycles. The highest BCUT2D eigenvalue weighted by Gasteiger charge is 2.20. The van der Waals surface area contributed by atoms with E-state index in [1.165, 1.54) is 0 Å². The molecule has 20 heavy (non-hydrogen) atoms. The number of nitrogens with one attached hydrogen (secondary N) is 1. The highest BCUT2D eigenvalue weighted by Crippen LogP contribution is 2.40. The molecule has 3 rings (SSSR count). The number of carbonyl (C=O) groups is 1. The van der Waals surface area contributed by atoms with Crippen LogP contribution in [0.15, 0.2) is 29.6 Å². The highest BCUT2D eigenvalue weighted by atomic mass is 35.5. The van der Waals surface area contributed by atoms with Gasteiger partial charge in [0.05, 0.1) is 17.4 Å². The zero-order valence-electron chi connectivity index (χ0n) is 11.0. The molecule has 0 fully saturated rings. The van der Waals surface area contributed by atoms with Crippen molar-refractivity contribution in [2.75, 3.05) is 12.4 Å². The Bertz CT molecular complexity index is 653. The maximum atomic E-state index is 11.4. The lowest BCUT2D eigenvalue weighted by Crippen LogP contribution is -2.19. The molecule has 2 heterocycles. The molecule has 2 aromatic rings. The topological polar surface area (TPSA) is 38.3 Å². The summed E-state index contributed by atoms with van der Waals surface area (Å²) in [5.74, 6) is 0.897. The fourth-order valence-electron chi connectivity index (χ4n) is 2.37. The number of methoxy groups -OCH3 is 1. The largest absolute Gasteiger partial charge is 0.496 e. The quantitative estimate of drug-likeness (QED) is 0.871. The van der Waals surface area contributed by atoms with Gasteiger partial charge in [0.1, 0.15) is 5.75 Å². The fourth-order valence-corrected chi connectivity index (χ4v) is 3.63. The van der Waals surface area contributed by atoms with Crippen LogP contribution in [0.2, 0.25) is 0 Å². The van der Waals surface area contributed by atoms with Crippen molar-refractivity contribution in [3.05, 3.63) is 45.6 Å². The average molecular weight is 308 g/mol. The van der Waals surface area contributed by atoms with Crippen molar-refractivity contribution < 1.29 is 9.53 Å². The molecule has 104 valence electrons. The lowest BCUT2D eigenvalue weighted by Gasteiger charge is -2.19. The second-order valence-corrected chi connectivity index (χ2v) is 6.06. The minimum atomic E-state index is -0.229. The van der Waals surface area contributed by atoms with Gasteiger partial charge in [0.2, 0.25) is 5.91 Å². The summed E-state index contributed by atoms with van der Waals surface area (Å²) >= 11 is 8.16. The van der Waals surface area contributed by atoms with Crippen LogP contribution in [0.25, 0.3) is 0 Å². The molecule has 1 amide bonds. The number of ether oxygens (including phenoxy) is 1. The third-order valence-electron chi connectivity index (χ3n) is 3.42. The van der Waals surface area contributed by atoms with E-state index in [1.54, 1.807) is 18.4 Å². The number of halogens is 1. The van der Waals surface area contributed by atoms with E-state index in [4.69, 9.17) is 16.3 Å². The second-order valence-electron chi connectivity index (χ2n) is 4.68. The Labute approximate surface area is 126 Å². The Morgan fingerprint density at radius 1 is 1.35 bits per heavy atom. The third-order valence-corrected chi connectivity index (χ3v) is 4.99. The van der Waals surface area contributed by atoms with Crippen molar-refractivity contribution in [1.29, 1.82) is 0 Å². The molecular formula is C15H14ClNO2S. The number of fused-ring (bicyclic) bond motifs is 1. The van der Waals surface area contributed by atoms with Crippen molar-refractivity contribution >= 4 is 34.5 Å². The van der Waals surface area contributed by atoms with Gasteiger partial charge in [-0.2, -0.15) is 0 Å². The monoisotopic (exact) mass is 307 g/mol. The number of hydrogen-bond acceptors (Lipinski definition) is 3. The Hall–Kier alpha value is -1.52. The molecule has 0 spiro atoms. The van der Waals surface area contributed by atoms with E-state index in [0.717, 1.165) is 33.9 Å². The molecule has 5 heteroatoms. The summed E-state index contributed by atoms with van der Waals surface area (Å²) in [6.45, 7) is 0. The van der Waals surface area contributed by atoms with Crippen molar-refractivity contribution in [2.24, 2.45) is 0 Å². The average Bonchev–Trinajstić information content (AvgIpc) is 2.94. The number of carbonyl (C=O) groups excluding carboxylic acids is 1. The van der Waals surface area contributed by atoms with Gasteiger partial charge in [-0.15, -0.1) is 22.9 Å². The SMILES string of the molecule is COc1ccsc1C(Cl)c1ccc2c(c1)CCC(=O)N2. The van der Waals surface area contributed by atoms with E-state index in [9.17, 15) is 4.79 Å². The number of thiophene rings is 1. The van der Waals surface area contributed by atoms with Crippen molar-refractivity contribution in [3.8, 4) is 5.75 Å². The first-order valence-electron chi connectivity index (χ1n) is 6.37. The molecule has 1 N–H and O–H groups in total. The van der Waals surface area contributed by atoms with Crippen LogP contribution in [-0.2, 0) is 11.2 Å². The molecule has 0 saturated carbocycles. The molecule has 1 atom stereocenters. The summed E-state index contributed by atoms with van der Waals surface area (Å²) in [5, 5.41) is 4.62. The number of amides is 1. The lowest BCUT2D eigenvalue weighted by molar-refractivity contribution is -0.116. The van der Waals surface area contributed by atoms with Crippen LogP contribution in [0.3, 0.4) is 0 Å². The maximum absolute atomic E-state index is 11.4. The smallest absolute Gasteiger partial charge is 0.224 e. The minimum Gasteiger partial charge on any atom is -0.496 e. The maximum Gasteiger partial charge on any atom is 0.224 e. The first-order valence-corrected chi connectivity index (χ1v) is 7.69. The van der Waals surface area contributed by atoms with Crippen LogP contribution in [0.1, 0.15) is 27.8 Å². The van der Waals surface area contributed by atoms with E-state index in [-0.39, 0.29) is 11.3 Å². The van der Waals surface area contributed by atoms with E-state index in [2.05, 4.69) is 11.4 Å². The number of aryl methyl sites for hydroxylation is 1. The molecule has 0 aliphatic carbocycles. The van der Waals surface area contributed by atoms with Crippen molar-refractivity contribution in [3.63, 3.8) is 0 Å². The van der Waals surface area contributed by atoms with Crippen molar-refractivity contribution in [1.82, 2.24) is 0 Å². The molecule has 0 bridgehead atoms. The lowest BCUT2D eigenvalue weighted by atomic mass is 9.98. The summed E-state index contributed by atoms with van der Waals surface area (Å²) < 4.78 is 5.32. The van der Waals surface area contributed by atoms with Gasteiger partial charge in [0.25, 0.3) is 0 Å². The first-order chi connectivity index (χ1) is 9.69. The number of rotatable bonds is 3. The van der Waals surface area contributed by atoms with Gasteiger partial charge in [-0.25, -0.2) is 0 Å². The van der Waals surface area contributed by atoms with Gasteiger partial charge in [-0.1, -0.05) is 12.1 Å². The predicted octanol–water partition coefficient (Wildman–Crippen LogP) is 3.97. The number of hydrogen-bond donors (Lipinski definition) is 1. The van der Waals surface area contributed by atoms with Gasteiger partial charge in [0.15, 0.2) is 0 Å². The minimum absolute atomic E-state index is 0.0765. The molecule has 0 radical (unpaired) electrons. The molecule has 1 aliphatic heterocycles. The zero-order chi connectivity index (χ0) is 14.1. The Morgan fingerprint density at radius 3 is 3.00 bits per heavy atom. The fraction of sp³-hybridized carbons (Fsp3) is 0.267. The molecule has 1 unspecified atom stereocenters. The van der Waals surface area contributed by atoms with Gasteiger partial charge < -0.3 is 10.1 Å². The number of anilines is 1. The first kappa shape index (κ1) is 13.5. The molecule has 1 aromatic carbocycles. The molecule has 1 aliphatic rings. The Kier molecular flexibility index (Phi) is 3.68. The predicted molar refractivity (Wildman–Crippen MR) is 82.0 cm³/mol. The summed E-state index contributed by atoms with van der Waals surface area (Å²) in [4.78, 5) is 12.4. The number of benzene rings is 1. The summed E-state index contributed by atoms with van der Waals surface area (Å²) in [7, 11) is 1.65. The van der Waals surface area contributed by atoms with E-state index < -0.39 is 0 Å². The summed E-state index contributed by atoms with van der Waals surface area (Å²) in [5.41, 5.74) is 3.07. The summed E-state index contributed by atoms with van der Waals surface area (Å²) in [6, 6.07) is 7.89. The Balaban J connectivity index is 1.93. The van der Waals surface area contributed by atoms with Crippen molar-refractivity contribution in [2.45, 2.75) is 18.2 Å². The highest BCUT2D eigenvalue weighted by molar-refractivity contribution is 7.10. The number of alkyl halides is 1. The van der Waals surface area contributed by atoms with Gasteiger partial charge in [0, 0.05) is 12.1 Å². The molecular weight excluding hydrogens is 294 g/mol. The molecule has 3 nitrogen and oxygen atoms in total. The van der Waals surface area contributed by atoms with E-state index in [0.29, 0.717) is 6.42 Å².